The number of carbonyl (C=O) groups excluding carboxylic acids is 1. The summed E-state index contributed by atoms with van der Waals surface area (Å²) in [5, 5.41) is 2.95. The number of amides is 2. The minimum atomic E-state index is -0.176. The number of carbonyl (C=O) groups is 1. The number of rotatable bonds is 5. The van der Waals surface area contributed by atoms with Crippen LogP contribution in [0.3, 0.4) is 0 Å². The molecule has 0 unspecified atom stereocenters. The predicted octanol–water partition coefficient (Wildman–Crippen LogP) is 2.86. The number of benzene rings is 2. The molecule has 6 heteroatoms. The summed E-state index contributed by atoms with van der Waals surface area (Å²) in [6.45, 7) is 3.73. The van der Waals surface area contributed by atoms with Crippen LogP contribution in [0.15, 0.2) is 48.5 Å². The summed E-state index contributed by atoms with van der Waals surface area (Å²) in [7, 11) is 1.62. The molecule has 1 heterocycles. The minimum Gasteiger partial charge on any atom is -0.496 e. The Kier molecular flexibility index (Phi) is 6.07. The lowest BCUT2D eigenvalue weighted by Crippen LogP contribution is -2.51. The standard InChI is InChI=1S/C20H24FN3O2/c1-26-19-9-5-3-6-16(19)14-22-20(25)24-12-10-23(11-13-24)15-17-7-2-4-8-18(17)21/h2-9H,10-15H2,1H3,(H,22,25). The van der Waals surface area contributed by atoms with Gasteiger partial charge < -0.3 is 15.0 Å². The molecule has 0 bridgehead atoms. The molecule has 1 saturated heterocycles. The van der Waals surface area contributed by atoms with E-state index in [1.54, 1.807) is 18.1 Å². The minimum absolute atomic E-state index is 0.0820. The van der Waals surface area contributed by atoms with Gasteiger partial charge in [0.15, 0.2) is 0 Å². The van der Waals surface area contributed by atoms with Gasteiger partial charge in [-0.05, 0) is 12.1 Å². The Balaban J connectivity index is 1.47. The largest absolute Gasteiger partial charge is 0.496 e. The number of piperazine rings is 1. The number of halogens is 1. The molecule has 0 aliphatic carbocycles. The second-order valence-electron chi connectivity index (χ2n) is 6.33. The first kappa shape index (κ1) is 18.2. The van der Waals surface area contributed by atoms with Gasteiger partial charge in [-0.15, -0.1) is 0 Å². The summed E-state index contributed by atoms with van der Waals surface area (Å²) in [4.78, 5) is 16.4. The van der Waals surface area contributed by atoms with Crippen LogP contribution in [0, 0.1) is 5.82 Å². The first-order valence-corrected chi connectivity index (χ1v) is 8.78. The number of nitrogens with zero attached hydrogens (tertiary/aromatic N) is 2. The van der Waals surface area contributed by atoms with Crippen LogP contribution in [0.5, 0.6) is 5.75 Å². The third kappa shape index (κ3) is 4.52. The molecule has 0 aromatic heterocycles. The number of para-hydroxylation sites is 1. The average molecular weight is 357 g/mol. The van der Waals surface area contributed by atoms with E-state index in [0.717, 1.165) is 24.4 Å². The van der Waals surface area contributed by atoms with Crippen molar-refractivity contribution < 1.29 is 13.9 Å². The fraction of sp³-hybridized carbons (Fsp3) is 0.350. The number of ether oxygens (including phenoxy) is 1. The summed E-state index contributed by atoms with van der Waals surface area (Å²) in [6, 6.07) is 14.4. The highest BCUT2D eigenvalue weighted by Crippen LogP contribution is 2.17. The van der Waals surface area contributed by atoms with Crippen molar-refractivity contribution in [2.24, 2.45) is 0 Å². The van der Waals surface area contributed by atoms with Gasteiger partial charge in [-0.3, -0.25) is 4.90 Å². The van der Waals surface area contributed by atoms with Crippen LogP contribution in [0.2, 0.25) is 0 Å². The van der Waals surface area contributed by atoms with Crippen molar-refractivity contribution in [3.8, 4) is 5.75 Å². The zero-order chi connectivity index (χ0) is 18.4. The zero-order valence-corrected chi connectivity index (χ0v) is 15.0. The van der Waals surface area contributed by atoms with Crippen LogP contribution in [-0.4, -0.2) is 49.1 Å². The van der Waals surface area contributed by atoms with Crippen molar-refractivity contribution in [1.29, 1.82) is 0 Å². The molecule has 138 valence electrons. The molecule has 26 heavy (non-hydrogen) atoms. The monoisotopic (exact) mass is 357 g/mol. The number of hydrogen-bond acceptors (Lipinski definition) is 3. The predicted molar refractivity (Wildman–Crippen MR) is 98.5 cm³/mol. The Morgan fingerprint density at radius 3 is 2.38 bits per heavy atom. The van der Waals surface area contributed by atoms with Crippen molar-refractivity contribution in [3.63, 3.8) is 0 Å². The molecule has 1 fully saturated rings. The van der Waals surface area contributed by atoms with Crippen LogP contribution >= 0.6 is 0 Å². The molecule has 3 rings (SSSR count). The summed E-state index contributed by atoms with van der Waals surface area (Å²) < 4.78 is 19.1. The normalized spacial score (nSPS) is 14.9. The molecular formula is C20H24FN3O2. The van der Waals surface area contributed by atoms with Crippen molar-refractivity contribution in [1.82, 2.24) is 15.1 Å². The van der Waals surface area contributed by atoms with Gasteiger partial charge in [0, 0.05) is 50.4 Å². The van der Waals surface area contributed by atoms with Crippen molar-refractivity contribution in [2.45, 2.75) is 13.1 Å². The highest BCUT2D eigenvalue weighted by Gasteiger charge is 2.21. The molecule has 0 atom stereocenters. The first-order chi connectivity index (χ1) is 12.7. The molecule has 1 N–H and O–H groups in total. The van der Waals surface area contributed by atoms with Gasteiger partial charge in [0.25, 0.3) is 0 Å². The highest BCUT2D eigenvalue weighted by atomic mass is 19.1. The maximum atomic E-state index is 13.8. The quantitative estimate of drug-likeness (QED) is 0.895. The van der Waals surface area contributed by atoms with Crippen molar-refractivity contribution in [3.05, 3.63) is 65.5 Å². The Morgan fingerprint density at radius 1 is 1.04 bits per heavy atom. The van der Waals surface area contributed by atoms with E-state index in [-0.39, 0.29) is 11.8 Å². The number of urea groups is 1. The van der Waals surface area contributed by atoms with Crippen molar-refractivity contribution >= 4 is 6.03 Å². The van der Waals surface area contributed by atoms with E-state index >= 15 is 0 Å². The summed E-state index contributed by atoms with van der Waals surface area (Å²) in [5.41, 5.74) is 1.64. The van der Waals surface area contributed by atoms with Gasteiger partial charge in [0.2, 0.25) is 0 Å². The van der Waals surface area contributed by atoms with Crippen LogP contribution in [0.25, 0.3) is 0 Å². The number of hydrogen-bond donors (Lipinski definition) is 1. The van der Waals surface area contributed by atoms with Gasteiger partial charge in [-0.2, -0.15) is 0 Å². The fourth-order valence-corrected chi connectivity index (χ4v) is 3.11. The van der Waals surface area contributed by atoms with Crippen LogP contribution in [0.1, 0.15) is 11.1 Å². The van der Waals surface area contributed by atoms with E-state index in [0.29, 0.717) is 31.7 Å². The van der Waals surface area contributed by atoms with Crippen LogP contribution < -0.4 is 10.1 Å². The Morgan fingerprint density at radius 2 is 1.69 bits per heavy atom. The SMILES string of the molecule is COc1ccccc1CNC(=O)N1CCN(Cc2ccccc2F)CC1. The fourth-order valence-electron chi connectivity index (χ4n) is 3.11. The molecule has 0 radical (unpaired) electrons. The summed E-state index contributed by atoms with van der Waals surface area (Å²) in [5.74, 6) is 0.590. The maximum absolute atomic E-state index is 13.8. The lowest BCUT2D eigenvalue weighted by molar-refractivity contribution is 0.134. The van der Waals surface area contributed by atoms with E-state index in [1.165, 1.54) is 6.07 Å². The van der Waals surface area contributed by atoms with Crippen LogP contribution in [0.4, 0.5) is 9.18 Å². The van der Waals surface area contributed by atoms with Gasteiger partial charge in [0.05, 0.1) is 7.11 Å². The molecule has 2 amide bonds. The smallest absolute Gasteiger partial charge is 0.317 e. The molecule has 0 spiro atoms. The topological polar surface area (TPSA) is 44.8 Å². The highest BCUT2D eigenvalue weighted by molar-refractivity contribution is 5.74. The van der Waals surface area contributed by atoms with E-state index in [4.69, 9.17) is 4.74 Å². The molecule has 1 aliphatic heterocycles. The van der Waals surface area contributed by atoms with Gasteiger partial charge in [0.1, 0.15) is 11.6 Å². The maximum Gasteiger partial charge on any atom is 0.317 e. The second kappa shape index (κ2) is 8.67. The first-order valence-electron chi connectivity index (χ1n) is 8.78. The average Bonchev–Trinajstić information content (AvgIpc) is 2.68. The lowest BCUT2D eigenvalue weighted by Gasteiger charge is -2.34. The van der Waals surface area contributed by atoms with E-state index in [1.807, 2.05) is 36.4 Å². The van der Waals surface area contributed by atoms with E-state index in [9.17, 15) is 9.18 Å². The molecule has 0 saturated carbocycles. The number of methoxy groups -OCH3 is 1. The van der Waals surface area contributed by atoms with Crippen molar-refractivity contribution in [2.75, 3.05) is 33.3 Å². The Labute approximate surface area is 153 Å². The van der Waals surface area contributed by atoms with E-state index < -0.39 is 0 Å². The van der Waals surface area contributed by atoms with Gasteiger partial charge in [-0.25, -0.2) is 9.18 Å². The molecule has 1 aliphatic rings. The lowest BCUT2D eigenvalue weighted by atomic mass is 10.2. The summed E-state index contributed by atoms with van der Waals surface area (Å²) in [6.07, 6.45) is 0. The molecule has 2 aromatic rings. The van der Waals surface area contributed by atoms with Gasteiger partial charge >= 0.3 is 6.03 Å². The second-order valence-corrected chi connectivity index (χ2v) is 6.33. The molecule has 2 aromatic carbocycles. The molecule has 5 nitrogen and oxygen atoms in total. The number of nitrogens with one attached hydrogen (secondary N) is 1. The Bertz CT molecular complexity index is 745. The third-order valence-corrected chi connectivity index (χ3v) is 4.63. The third-order valence-electron chi connectivity index (χ3n) is 4.63. The van der Waals surface area contributed by atoms with Crippen LogP contribution in [-0.2, 0) is 13.1 Å². The van der Waals surface area contributed by atoms with E-state index in [2.05, 4.69) is 10.2 Å². The zero-order valence-electron chi connectivity index (χ0n) is 15.0. The Hall–Kier alpha value is -2.60. The van der Waals surface area contributed by atoms with Gasteiger partial charge in [-0.1, -0.05) is 36.4 Å². The summed E-state index contributed by atoms with van der Waals surface area (Å²) >= 11 is 0. The molecular weight excluding hydrogens is 333 g/mol.